The molecule has 1 unspecified atom stereocenters. The number of benzene rings is 2. The predicted octanol–water partition coefficient (Wildman–Crippen LogP) is 4.13. The quantitative estimate of drug-likeness (QED) is 0.680. The number of aryl methyl sites for hydroxylation is 1. The molecule has 7 heteroatoms. The number of nitrogens with zero attached hydrogens (tertiary/aromatic N) is 1. The lowest BCUT2D eigenvalue weighted by Gasteiger charge is -2.24. The Morgan fingerprint density at radius 2 is 1.79 bits per heavy atom. The highest BCUT2D eigenvalue weighted by Gasteiger charge is 2.30. The average Bonchev–Trinajstić information content (AvgIpc) is 3.17. The molecule has 3 rings (SSSR count). The zero-order valence-electron chi connectivity index (χ0n) is 17.0. The second kappa shape index (κ2) is 11.4. The van der Waals surface area contributed by atoms with Crippen molar-refractivity contribution in [3.8, 4) is 5.75 Å². The van der Waals surface area contributed by atoms with Gasteiger partial charge in [-0.1, -0.05) is 30.3 Å². The van der Waals surface area contributed by atoms with Gasteiger partial charge in [0.2, 0.25) is 5.91 Å². The first-order valence-electron chi connectivity index (χ1n) is 9.58. The number of nitrogens with one attached hydrogen (secondary N) is 1. The summed E-state index contributed by atoms with van der Waals surface area (Å²) in [6, 6.07) is 15.1. The van der Waals surface area contributed by atoms with Gasteiger partial charge in [-0.3, -0.25) is 9.69 Å². The van der Waals surface area contributed by atoms with E-state index in [0.717, 1.165) is 29.1 Å². The summed E-state index contributed by atoms with van der Waals surface area (Å²) in [4.78, 5) is 15.1. The van der Waals surface area contributed by atoms with E-state index in [2.05, 4.69) is 10.2 Å². The Balaban J connectivity index is 0.00000210. The lowest BCUT2D eigenvalue weighted by Crippen LogP contribution is -2.45. The number of carbonyl (C=O) groups excluding carboxylic acids is 1. The molecule has 0 aromatic heterocycles. The first-order chi connectivity index (χ1) is 13.0. The molecule has 0 spiro atoms. The van der Waals surface area contributed by atoms with Crippen LogP contribution in [0, 0.1) is 6.92 Å². The van der Waals surface area contributed by atoms with Gasteiger partial charge >= 0.3 is 0 Å². The van der Waals surface area contributed by atoms with Crippen molar-refractivity contribution in [1.82, 2.24) is 4.90 Å². The van der Waals surface area contributed by atoms with Crippen LogP contribution in [0.3, 0.4) is 0 Å². The Bertz CT molecular complexity index is 779. The Hall–Kier alpha value is -1.79. The number of rotatable bonds is 7. The fourth-order valence-corrected chi connectivity index (χ4v) is 3.36. The fourth-order valence-electron chi connectivity index (χ4n) is 3.36. The third-order valence-corrected chi connectivity index (χ3v) is 5.14. The number of hydrogen-bond donors (Lipinski definition) is 2. The number of ether oxygens (including phenoxy) is 1. The van der Waals surface area contributed by atoms with E-state index in [1.807, 2.05) is 55.5 Å². The van der Waals surface area contributed by atoms with Gasteiger partial charge < -0.3 is 15.8 Å². The van der Waals surface area contributed by atoms with Gasteiger partial charge in [0.15, 0.2) is 0 Å². The van der Waals surface area contributed by atoms with Crippen LogP contribution in [0.2, 0.25) is 0 Å². The van der Waals surface area contributed by atoms with Crippen molar-refractivity contribution in [3.63, 3.8) is 0 Å². The minimum Gasteiger partial charge on any atom is -0.492 e. The molecule has 0 radical (unpaired) electrons. The molecule has 2 aromatic carbocycles. The van der Waals surface area contributed by atoms with Crippen LogP contribution in [0.1, 0.15) is 30.9 Å². The maximum atomic E-state index is 12.7. The summed E-state index contributed by atoms with van der Waals surface area (Å²) in [7, 11) is 0. The van der Waals surface area contributed by atoms with E-state index in [-0.39, 0.29) is 30.7 Å². The summed E-state index contributed by atoms with van der Waals surface area (Å²) >= 11 is 0. The molecule has 1 aliphatic heterocycles. The van der Waals surface area contributed by atoms with Crippen molar-refractivity contribution >= 4 is 36.4 Å². The van der Waals surface area contributed by atoms with E-state index in [1.165, 1.54) is 25.9 Å². The van der Waals surface area contributed by atoms with Crippen LogP contribution >= 0.6 is 24.8 Å². The zero-order chi connectivity index (χ0) is 19.3. The number of halogens is 2. The average molecular weight is 440 g/mol. The molecule has 5 nitrogen and oxygen atoms in total. The highest BCUT2D eigenvalue weighted by atomic mass is 35.5. The Morgan fingerprint density at radius 1 is 1.14 bits per heavy atom. The van der Waals surface area contributed by atoms with E-state index in [0.29, 0.717) is 6.61 Å². The standard InChI is InChI=1S/C22H29N3O2.2ClH/c1-17-16-19(10-11-20(17)27-15-14-25-12-6-7-13-25)24-21(26)22(2,23)18-8-4-3-5-9-18;;/h3-5,8-11,16H,6-7,12-15,23H2,1-2H3,(H,24,26);2*1H. The molecule has 0 aliphatic carbocycles. The van der Waals surface area contributed by atoms with Crippen LogP contribution in [-0.2, 0) is 10.3 Å². The number of anilines is 1. The van der Waals surface area contributed by atoms with Gasteiger partial charge in [-0.15, -0.1) is 24.8 Å². The molecule has 1 aliphatic rings. The maximum Gasteiger partial charge on any atom is 0.248 e. The molecule has 2 aromatic rings. The first kappa shape index (κ1) is 25.2. The zero-order valence-corrected chi connectivity index (χ0v) is 18.7. The molecule has 29 heavy (non-hydrogen) atoms. The van der Waals surface area contributed by atoms with Gasteiger partial charge in [0.25, 0.3) is 0 Å². The number of hydrogen-bond acceptors (Lipinski definition) is 4. The third-order valence-electron chi connectivity index (χ3n) is 5.14. The van der Waals surface area contributed by atoms with Crippen LogP contribution in [0.5, 0.6) is 5.75 Å². The van der Waals surface area contributed by atoms with Gasteiger partial charge in [0.05, 0.1) is 0 Å². The highest BCUT2D eigenvalue weighted by Crippen LogP contribution is 2.24. The van der Waals surface area contributed by atoms with Crippen molar-refractivity contribution in [2.24, 2.45) is 5.73 Å². The Labute approximate surface area is 185 Å². The highest BCUT2D eigenvalue weighted by molar-refractivity contribution is 5.98. The molecule has 1 saturated heterocycles. The summed E-state index contributed by atoms with van der Waals surface area (Å²) in [5.41, 5.74) is 7.68. The molecule has 1 atom stereocenters. The van der Waals surface area contributed by atoms with Crippen LogP contribution < -0.4 is 15.8 Å². The molecule has 160 valence electrons. The SMILES string of the molecule is Cc1cc(NC(=O)C(C)(N)c2ccccc2)ccc1OCCN1CCCC1.Cl.Cl. The molecule has 1 heterocycles. The minimum absolute atomic E-state index is 0. The van der Waals surface area contributed by atoms with Crippen molar-refractivity contribution in [2.75, 3.05) is 31.6 Å². The number of amides is 1. The van der Waals surface area contributed by atoms with E-state index >= 15 is 0 Å². The Kier molecular flexibility index (Phi) is 9.93. The van der Waals surface area contributed by atoms with Crippen molar-refractivity contribution < 1.29 is 9.53 Å². The second-order valence-electron chi connectivity index (χ2n) is 7.40. The molecule has 1 fully saturated rings. The van der Waals surface area contributed by atoms with E-state index in [1.54, 1.807) is 6.92 Å². The summed E-state index contributed by atoms with van der Waals surface area (Å²) in [6.07, 6.45) is 2.58. The van der Waals surface area contributed by atoms with Crippen LogP contribution in [0.4, 0.5) is 5.69 Å². The molecule has 3 N–H and O–H groups in total. The molecule has 0 bridgehead atoms. The summed E-state index contributed by atoms with van der Waals surface area (Å²) < 4.78 is 5.92. The van der Waals surface area contributed by atoms with Crippen LogP contribution in [0.25, 0.3) is 0 Å². The molecule has 1 amide bonds. The van der Waals surface area contributed by atoms with Crippen LogP contribution in [-0.4, -0.2) is 37.0 Å². The van der Waals surface area contributed by atoms with Gasteiger partial charge in [-0.25, -0.2) is 0 Å². The Morgan fingerprint density at radius 3 is 2.41 bits per heavy atom. The molecule has 0 saturated carbocycles. The topological polar surface area (TPSA) is 67.6 Å². The summed E-state index contributed by atoms with van der Waals surface area (Å²) in [6.45, 7) is 7.70. The van der Waals surface area contributed by atoms with Gasteiger partial charge in [0.1, 0.15) is 17.9 Å². The largest absolute Gasteiger partial charge is 0.492 e. The van der Waals surface area contributed by atoms with Gasteiger partial charge in [0, 0.05) is 12.2 Å². The minimum atomic E-state index is -1.10. The predicted molar refractivity (Wildman–Crippen MR) is 123 cm³/mol. The van der Waals surface area contributed by atoms with E-state index < -0.39 is 5.54 Å². The van der Waals surface area contributed by atoms with Crippen molar-refractivity contribution in [3.05, 3.63) is 59.7 Å². The fraction of sp³-hybridized carbons (Fsp3) is 0.409. The van der Waals surface area contributed by atoms with Crippen molar-refractivity contribution in [1.29, 1.82) is 0 Å². The molecular weight excluding hydrogens is 409 g/mol. The molecular formula is C22H31Cl2N3O2. The maximum absolute atomic E-state index is 12.7. The summed E-state index contributed by atoms with van der Waals surface area (Å²) in [5, 5.41) is 2.92. The van der Waals surface area contributed by atoms with Crippen LogP contribution in [0.15, 0.2) is 48.5 Å². The number of likely N-dealkylation sites (tertiary alicyclic amines) is 1. The van der Waals surface area contributed by atoms with Gasteiger partial charge in [-0.2, -0.15) is 0 Å². The van der Waals surface area contributed by atoms with E-state index in [4.69, 9.17) is 10.5 Å². The smallest absolute Gasteiger partial charge is 0.248 e. The van der Waals surface area contributed by atoms with Gasteiger partial charge in [-0.05, 0) is 69.1 Å². The van der Waals surface area contributed by atoms with Crippen molar-refractivity contribution in [2.45, 2.75) is 32.2 Å². The third kappa shape index (κ3) is 6.61. The lowest BCUT2D eigenvalue weighted by atomic mass is 9.92. The lowest BCUT2D eigenvalue weighted by molar-refractivity contribution is -0.120. The summed E-state index contributed by atoms with van der Waals surface area (Å²) in [5.74, 6) is 0.613. The second-order valence-corrected chi connectivity index (χ2v) is 7.40. The van der Waals surface area contributed by atoms with E-state index in [9.17, 15) is 4.79 Å². The first-order valence-corrected chi connectivity index (χ1v) is 9.58. The normalized spacial score (nSPS) is 15.6. The monoisotopic (exact) mass is 439 g/mol. The number of nitrogens with two attached hydrogens (primary N) is 1. The number of carbonyl (C=O) groups is 1.